The van der Waals surface area contributed by atoms with Crippen LogP contribution in [0.25, 0.3) is 0 Å². The number of hydrogen-bond acceptors (Lipinski definition) is 2. The van der Waals surface area contributed by atoms with Gasteiger partial charge in [-0.25, -0.2) is 0 Å². The normalized spacial score (nSPS) is 19.3. The van der Waals surface area contributed by atoms with Crippen LogP contribution in [0.5, 0.6) is 0 Å². The maximum absolute atomic E-state index is 12.7. The number of benzene rings is 1. The fraction of sp³-hybridized carbons (Fsp3) is 0.400. The lowest BCUT2D eigenvalue weighted by atomic mass is 9.88. The van der Waals surface area contributed by atoms with Crippen molar-refractivity contribution in [3.63, 3.8) is 0 Å². The summed E-state index contributed by atoms with van der Waals surface area (Å²) in [6.07, 6.45) is -4.48. The van der Waals surface area contributed by atoms with Crippen molar-refractivity contribution in [3.05, 3.63) is 33.8 Å². The second-order valence-corrected chi connectivity index (χ2v) is 4.63. The quantitative estimate of drug-likeness (QED) is 0.863. The van der Waals surface area contributed by atoms with E-state index in [9.17, 15) is 18.3 Å². The van der Waals surface area contributed by atoms with Gasteiger partial charge in [0.1, 0.15) is 5.60 Å². The second-order valence-electron chi connectivity index (χ2n) is 3.71. The molecular formula is C10H8BrF3O2. The van der Waals surface area contributed by atoms with Gasteiger partial charge in [-0.05, 0) is 12.1 Å². The van der Waals surface area contributed by atoms with Crippen LogP contribution in [0.3, 0.4) is 0 Å². The predicted molar refractivity (Wildman–Crippen MR) is 53.9 cm³/mol. The first-order valence-corrected chi connectivity index (χ1v) is 5.30. The van der Waals surface area contributed by atoms with Gasteiger partial charge in [-0.15, -0.1) is 0 Å². The molecule has 16 heavy (non-hydrogen) atoms. The van der Waals surface area contributed by atoms with Crippen molar-refractivity contribution >= 4 is 15.9 Å². The van der Waals surface area contributed by atoms with E-state index in [0.29, 0.717) is 4.47 Å². The Morgan fingerprint density at radius 1 is 1.31 bits per heavy atom. The Kier molecular flexibility index (Phi) is 2.76. The molecule has 88 valence electrons. The van der Waals surface area contributed by atoms with E-state index in [-0.39, 0.29) is 18.8 Å². The number of ether oxygens (including phenoxy) is 1. The minimum absolute atomic E-state index is 0.0995. The first kappa shape index (κ1) is 11.9. The Morgan fingerprint density at radius 2 is 1.94 bits per heavy atom. The van der Waals surface area contributed by atoms with E-state index in [2.05, 4.69) is 15.9 Å². The molecule has 0 spiro atoms. The molecule has 1 N–H and O–H groups in total. The van der Waals surface area contributed by atoms with Crippen LogP contribution in [0.15, 0.2) is 22.7 Å². The van der Waals surface area contributed by atoms with Crippen molar-refractivity contribution in [2.75, 3.05) is 13.2 Å². The van der Waals surface area contributed by atoms with Gasteiger partial charge in [0.05, 0.1) is 18.8 Å². The fourth-order valence-electron chi connectivity index (χ4n) is 1.61. The molecule has 2 rings (SSSR count). The second kappa shape index (κ2) is 3.72. The summed E-state index contributed by atoms with van der Waals surface area (Å²) in [4.78, 5) is 0. The van der Waals surface area contributed by atoms with Gasteiger partial charge in [0, 0.05) is 10.0 Å². The standard InChI is InChI=1S/C10H8BrF3O2/c11-6-1-2-7(9(15)4-16-5-9)8(3-6)10(12,13)14/h1-3,15H,4-5H2. The molecule has 0 radical (unpaired) electrons. The van der Waals surface area contributed by atoms with Crippen molar-refractivity contribution in [3.8, 4) is 0 Å². The van der Waals surface area contributed by atoms with Crippen LogP contribution in [0.4, 0.5) is 13.2 Å². The SMILES string of the molecule is OC1(c2ccc(Br)cc2C(F)(F)F)COC1. The fourth-order valence-corrected chi connectivity index (χ4v) is 1.97. The molecular weight excluding hydrogens is 289 g/mol. The van der Waals surface area contributed by atoms with Gasteiger partial charge in [-0.2, -0.15) is 13.2 Å². The monoisotopic (exact) mass is 296 g/mol. The third kappa shape index (κ3) is 1.97. The van der Waals surface area contributed by atoms with Gasteiger partial charge in [-0.1, -0.05) is 22.0 Å². The molecule has 0 bridgehead atoms. The van der Waals surface area contributed by atoms with E-state index < -0.39 is 17.3 Å². The zero-order valence-corrected chi connectivity index (χ0v) is 9.60. The summed E-state index contributed by atoms with van der Waals surface area (Å²) < 4.78 is 43.3. The molecule has 1 aliphatic heterocycles. The number of hydrogen-bond donors (Lipinski definition) is 1. The van der Waals surface area contributed by atoms with E-state index in [1.54, 1.807) is 0 Å². The van der Waals surface area contributed by atoms with Gasteiger partial charge >= 0.3 is 6.18 Å². The van der Waals surface area contributed by atoms with E-state index in [0.717, 1.165) is 6.07 Å². The summed E-state index contributed by atoms with van der Waals surface area (Å²) in [5.74, 6) is 0. The average molecular weight is 297 g/mol. The molecule has 1 heterocycles. The van der Waals surface area contributed by atoms with Gasteiger partial charge in [-0.3, -0.25) is 0 Å². The zero-order chi connectivity index (χ0) is 12.0. The highest BCUT2D eigenvalue weighted by molar-refractivity contribution is 9.10. The highest BCUT2D eigenvalue weighted by Gasteiger charge is 2.45. The summed E-state index contributed by atoms with van der Waals surface area (Å²) in [6.45, 7) is -0.199. The first-order chi connectivity index (χ1) is 7.33. The van der Waals surface area contributed by atoms with Crippen molar-refractivity contribution in [1.82, 2.24) is 0 Å². The number of alkyl halides is 3. The van der Waals surface area contributed by atoms with Crippen LogP contribution < -0.4 is 0 Å². The summed E-state index contributed by atoms with van der Waals surface area (Å²) in [7, 11) is 0. The molecule has 1 aromatic rings. The summed E-state index contributed by atoms with van der Waals surface area (Å²) >= 11 is 2.98. The Labute approximate surface area is 98.2 Å². The van der Waals surface area contributed by atoms with Crippen molar-refractivity contribution < 1.29 is 23.0 Å². The lowest BCUT2D eigenvalue weighted by molar-refractivity contribution is -0.191. The maximum atomic E-state index is 12.7. The minimum Gasteiger partial charge on any atom is -0.380 e. The Bertz CT molecular complexity index is 413. The van der Waals surface area contributed by atoms with Crippen LogP contribution in [-0.2, 0) is 16.5 Å². The van der Waals surface area contributed by atoms with Crippen LogP contribution in [-0.4, -0.2) is 18.3 Å². The number of rotatable bonds is 1. The lowest BCUT2D eigenvalue weighted by Crippen LogP contribution is -2.47. The smallest absolute Gasteiger partial charge is 0.380 e. The molecule has 0 aliphatic carbocycles. The Hall–Kier alpha value is -0.590. The van der Waals surface area contributed by atoms with Crippen molar-refractivity contribution in [2.24, 2.45) is 0 Å². The molecule has 1 aliphatic rings. The third-order valence-corrected chi connectivity index (χ3v) is 2.96. The highest BCUT2D eigenvalue weighted by atomic mass is 79.9. The molecule has 0 saturated carbocycles. The molecule has 0 unspecified atom stereocenters. The van der Waals surface area contributed by atoms with E-state index in [1.807, 2.05) is 0 Å². The van der Waals surface area contributed by atoms with E-state index >= 15 is 0 Å². The van der Waals surface area contributed by atoms with Gasteiger partial charge in [0.25, 0.3) is 0 Å². The van der Waals surface area contributed by atoms with E-state index in [1.165, 1.54) is 12.1 Å². The molecule has 0 aromatic heterocycles. The Balaban J connectivity index is 2.52. The van der Waals surface area contributed by atoms with Gasteiger partial charge < -0.3 is 9.84 Å². The molecule has 1 fully saturated rings. The van der Waals surface area contributed by atoms with Crippen LogP contribution in [0.1, 0.15) is 11.1 Å². The van der Waals surface area contributed by atoms with Crippen molar-refractivity contribution in [2.45, 2.75) is 11.8 Å². The van der Waals surface area contributed by atoms with Gasteiger partial charge in [0.15, 0.2) is 0 Å². The number of halogens is 4. The zero-order valence-electron chi connectivity index (χ0n) is 8.01. The first-order valence-electron chi connectivity index (χ1n) is 4.50. The third-order valence-electron chi connectivity index (χ3n) is 2.47. The molecule has 2 nitrogen and oxygen atoms in total. The molecule has 1 aromatic carbocycles. The van der Waals surface area contributed by atoms with Crippen LogP contribution in [0.2, 0.25) is 0 Å². The largest absolute Gasteiger partial charge is 0.416 e. The molecule has 0 atom stereocenters. The maximum Gasteiger partial charge on any atom is 0.416 e. The lowest BCUT2D eigenvalue weighted by Gasteiger charge is -2.38. The van der Waals surface area contributed by atoms with Crippen LogP contribution >= 0.6 is 15.9 Å². The predicted octanol–water partition coefficient (Wildman–Crippen LogP) is 2.69. The Morgan fingerprint density at radius 3 is 2.38 bits per heavy atom. The van der Waals surface area contributed by atoms with Crippen molar-refractivity contribution in [1.29, 1.82) is 0 Å². The molecule has 1 saturated heterocycles. The van der Waals surface area contributed by atoms with E-state index in [4.69, 9.17) is 4.74 Å². The van der Waals surface area contributed by atoms with Crippen LogP contribution in [0, 0.1) is 0 Å². The van der Waals surface area contributed by atoms with Gasteiger partial charge in [0.2, 0.25) is 0 Å². The minimum atomic E-state index is -4.48. The summed E-state index contributed by atoms with van der Waals surface area (Å²) in [5.41, 5.74) is -2.46. The highest BCUT2D eigenvalue weighted by Crippen LogP contribution is 2.40. The summed E-state index contributed by atoms with van der Waals surface area (Å²) in [5, 5.41) is 9.88. The number of aliphatic hydroxyl groups is 1. The average Bonchev–Trinajstić information content (AvgIpc) is 2.13. The summed E-state index contributed by atoms with van der Waals surface area (Å²) in [6, 6.07) is 3.71. The topological polar surface area (TPSA) is 29.5 Å². The molecule has 0 amide bonds. The molecule has 6 heteroatoms.